The van der Waals surface area contributed by atoms with Crippen LogP contribution >= 0.6 is 35.0 Å². The molecule has 1 N–H and O–H groups in total. The molecule has 164 valence electrons. The summed E-state index contributed by atoms with van der Waals surface area (Å²) >= 11 is 13.5. The highest BCUT2D eigenvalue weighted by Gasteiger charge is 2.25. The van der Waals surface area contributed by atoms with E-state index < -0.39 is 18.0 Å². The number of esters is 1. The number of aromatic nitrogens is 1. The Balaban J connectivity index is 1.38. The summed E-state index contributed by atoms with van der Waals surface area (Å²) < 4.78 is 5.34. The molecule has 9 heteroatoms. The predicted molar refractivity (Wildman–Crippen MR) is 127 cm³/mol. The van der Waals surface area contributed by atoms with Gasteiger partial charge in [0.1, 0.15) is 0 Å². The molecule has 0 radical (unpaired) electrons. The average molecular weight is 488 g/mol. The Kier molecular flexibility index (Phi) is 6.89. The second-order valence-electron chi connectivity index (χ2n) is 7.04. The Labute approximate surface area is 199 Å². The van der Waals surface area contributed by atoms with Crippen molar-refractivity contribution in [1.82, 2.24) is 4.98 Å². The van der Waals surface area contributed by atoms with Gasteiger partial charge in [0.15, 0.2) is 11.9 Å². The molecule has 1 aliphatic heterocycles. The summed E-state index contributed by atoms with van der Waals surface area (Å²) in [5, 5.41) is 3.10. The van der Waals surface area contributed by atoms with Crippen LogP contribution in [0.3, 0.4) is 0 Å². The monoisotopic (exact) mass is 487 g/mol. The standard InChI is InChI=1S/C23H19Cl2N3O3S/c1-14(23(30)27-22-16(25)12-15(24)13-26-22)31-21(29)10-11-28-17-6-2-4-8-19(17)32-20-9-5-3-7-18(20)28/h2-9,12-14H,10-11H2,1H3,(H,26,27,30)/t14-/m0/s1. The molecular formula is C23H19Cl2N3O3S. The molecule has 3 aromatic rings. The van der Waals surface area contributed by atoms with Gasteiger partial charge in [-0.25, -0.2) is 4.98 Å². The highest BCUT2D eigenvalue weighted by Crippen LogP contribution is 2.47. The maximum atomic E-state index is 12.5. The van der Waals surface area contributed by atoms with E-state index in [1.807, 2.05) is 36.4 Å². The molecule has 6 nitrogen and oxygen atoms in total. The molecule has 1 atom stereocenters. The normalized spacial score (nSPS) is 13.0. The van der Waals surface area contributed by atoms with Crippen molar-refractivity contribution in [3.05, 3.63) is 70.8 Å². The molecule has 1 aromatic heterocycles. The molecule has 2 aromatic carbocycles. The lowest BCUT2D eigenvalue weighted by Gasteiger charge is -2.32. The number of rotatable bonds is 6. The van der Waals surface area contributed by atoms with E-state index in [-0.39, 0.29) is 17.3 Å². The minimum absolute atomic E-state index is 0.116. The SMILES string of the molecule is C[C@H](OC(=O)CCN1c2ccccc2Sc2ccccc21)C(=O)Nc1ncc(Cl)cc1Cl. The number of anilines is 3. The lowest BCUT2D eigenvalue weighted by molar-refractivity contribution is -0.152. The molecule has 0 saturated heterocycles. The fourth-order valence-corrected chi connectivity index (χ4v) is 4.78. The van der Waals surface area contributed by atoms with Crippen LogP contribution in [0, 0.1) is 0 Å². The molecule has 0 saturated carbocycles. The van der Waals surface area contributed by atoms with Crippen LogP contribution in [0.25, 0.3) is 0 Å². The fourth-order valence-electron chi connectivity index (χ4n) is 3.26. The number of ether oxygens (including phenoxy) is 1. The van der Waals surface area contributed by atoms with Gasteiger partial charge in [-0.3, -0.25) is 9.59 Å². The molecule has 32 heavy (non-hydrogen) atoms. The minimum Gasteiger partial charge on any atom is -0.452 e. The number of nitrogens with one attached hydrogen (secondary N) is 1. The van der Waals surface area contributed by atoms with Crippen LogP contribution in [-0.4, -0.2) is 29.5 Å². The van der Waals surface area contributed by atoms with Crippen molar-refractivity contribution in [2.75, 3.05) is 16.8 Å². The number of amides is 1. The zero-order valence-corrected chi connectivity index (χ0v) is 19.4. The Morgan fingerprint density at radius 2 is 1.72 bits per heavy atom. The number of nitrogens with zero attached hydrogens (tertiary/aromatic N) is 2. The van der Waals surface area contributed by atoms with Crippen molar-refractivity contribution in [2.45, 2.75) is 29.2 Å². The summed E-state index contributed by atoms with van der Waals surface area (Å²) in [4.78, 5) is 33.2. The third-order valence-corrected chi connectivity index (χ3v) is 6.42. The number of para-hydroxylation sites is 2. The summed E-state index contributed by atoms with van der Waals surface area (Å²) in [6.45, 7) is 1.92. The van der Waals surface area contributed by atoms with Crippen molar-refractivity contribution in [3.8, 4) is 0 Å². The summed E-state index contributed by atoms with van der Waals surface area (Å²) in [5.74, 6) is -0.848. The van der Waals surface area contributed by atoms with Crippen LogP contribution < -0.4 is 10.2 Å². The van der Waals surface area contributed by atoms with Gasteiger partial charge in [-0.15, -0.1) is 0 Å². The van der Waals surface area contributed by atoms with Crippen molar-refractivity contribution < 1.29 is 14.3 Å². The second kappa shape index (κ2) is 9.81. The summed E-state index contributed by atoms with van der Waals surface area (Å²) in [5.41, 5.74) is 2.08. The fraction of sp³-hybridized carbons (Fsp3) is 0.174. The molecule has 0 bridgehead atoms. The summed E-state index contributed by atoms with van der Waals surface area (Å²) in [6.07, 6.45) is 0.476. The maximum Gasteiger partial charge on any atom is 0.308 e. The first-order valence-corrected chi connectivity index (χ1v) is 11.4. The van der Waals surface area contributed by atoms with Crippen LogP contribution in [0.2, 0.25) is 10.0 Å². The van der Waals surface area contributed by atoms with Gasteiger partial charge in [-0.05, 0) is 37.3 Å². The molecule has 1 aliphatic rings. The van der Waals surface area contributed by atoms with Gasteiger partial charge >= 0.3 is 5.97 Å². The van der Waals surface area contributed by atoms with Crippen LogP contribution in [-0.2, 0) is 14.3 Å². The number of fused-ring (bicyclic) bond motifs is 2. The van der Waals surface area contributed by atoms with E-state index >= 15 is 0 Å². The number of benzene rings is 2. The van der Waals surface area contributed by atoms with Gasteiger partial charge in [0.2, 0.25) is 0 Å². The summed E-state index contributed by atoms with van der Waals surface area (Å²) in [6, 6.07) is 17.6. The Bertz CT molecular complexity index is 1130. The van der Waals surface area contributed by atoms with E-state index in [0.29, 0.717) is 11.6 Å². The average Bonchev–Trinajstić information content (AvgIpc) is 2.78. The van der Waals surface area contributed by atoms with Crippen LogP contribution in [0.5, 0.6) is 0 Å². The van der Waals surface area contributed by atoms with Crippen molar-refractivity contribution in [2.24, 2.45) is 0 Å². The van der Waals surface area contributed by atoms with E-state index in [1.54, 1.807) is 11.8 Å². The Hall–Kier alpha value is -2.74. The number of halogens is 2. The molecule has 2 heterocycles. The van der Waals surface area contributed by atoms with E-state index in [0.717, 1.165) is 21.2 Å². The smallest absolute Gasteiger partial charge is 0.308 e. The van der Waals surface area contributed by atoms with Gasteiger partial charge in [-0.1, -0.05) is 59.2 Å². The first kappa shape index (κ1) is 22.5. The van der Waals surface area contributed by atoms with Crippen molar-refractivity contribution in [3.63, 3.8) is 0 Å². The first-order valence-electron chi connectivity index (χ1n) is 9.87. The number of hydrogen-bond acceptors (Lipinski definition) is 6. The number of carbonyl (C=O) groups excluding carboxylic acids is 2. The largest absolute Gasteiger partial charge is 0.452 e. The van der Waals surface area contributed by atoms with E-state index in [2.05, 4.69) is 27.3 Å². The highest BCUT2D eigenvalue weighted by molar-refractivity contribution is 7.99. The number of pyridine rings is 1. The number of hydrogen-bond donors (Lipinski definition) is 1. The minimum atomic E-state index is -1.01. The molecular weight excluding hydrogens is 469 g/mol. The van der Waals surface area contributed by atoms with Crippen LogP contribution in [0.1, 0.15) is 13.3 Å². The zero-order valence-electron chi connectivity index (χ0n) is 17.0. The van der Waals surface area contributed by atoms with Gasteiger partial charge in [-0.2, -0.15) is 0 Å². The lowest BCUT2D eigenvalue weighted by atomic mass is 10.2. The predicted octanol–water partition coefficient (Wildman–Crippen LogP) is 5.95. The third kappa shape index (κ3) is 5.01. The quantitative estimate of drug-likeness (QED) is 0.433. The van der Waals surface area contributed by atoms with Crippen molar-refractivity contribution in [1.29, 1.82) is 0 Å². The first-order chi connectivity index (χ1) is 15.4. The zero-order chi connectivity index (χ0) is 22.7. The van der Waals surface area contributed by atoms with Gasteiger partial charge in [0.25, 0.3) is 5.91 Å². The Morgan fingerprint density at radius 3 is 2.34 bits per heavy atom. The Morgan fingerprint density at radius 1 is 1.09 bits per heavy atom. The van der Waals surface area contributed by atoms with Gasteiger partial charge < -0.3 is 15.0 Å². The molecule has 0 aliphatic carbocycles. The lowest BCUT2D eigenvalue weighted by Crippen LogP contribution is -2.32. The van der Waals surface area contributed by atoms with Crippen LogP contribution in [0.15, 0.2) is 70.6 Å². The highest BCUT2D eigenvalue weighted by atomic mass is 35.5. The molecule has 0 fully saturated rings. The van der Waals surface area contributed by atoms with E-state index in [9.17, 15) is 9.59 Å². The third-order valence-electron chi connectivity index (χ3n) is 4.80. The molecule has 0 spiro atoms. The van der Waals surface area contributed by atoms with Gasteiger partial charge in [0, 0.05) is 22.5 Å². The second-order valence-corrected chi connectivity index (χ2v) is 8.97. The van der Waals surface area contributed by atoms with Gasteiger partial charge in [0.05, 0.1) is 27.8 Å². The topological polar surface area (TPSA) is 71.5 Å². The number of carbonyl (C=O) groups is 2. The van der Waals surface area contributed by atoms with Crippen LogP contribution in [0.4, 0.5) is 17.2 Å². The molecule has 4 rings (SSSR count). The summed E-state index contributed by atoms with van der Waals surface area (Å²) in [7, 11) is 0. The van der Waals surface area contributed by atoms with E-state index in [4.69, 9.17) is 27.9 Å². The molecule has 0 unspecified atom stereocenters. The molecule has 1 amide bonds. The van der Waals surface area contributed by atoms with Crippen molar-refractivity contribution >= 4 is 64.0 Å². The van der Waals surface area contributed by atoms with E-state index in [1.165, 1.54) is 19.2 Å². The maximum absolute atomic E-state index is 12.5.